The summed E-state index contributed by atoms with van der Waals surface area (Å²) in [4.78, 5) is 11.5. The van der Waals surface area contributed by atoms with Gasteiger partial charge in [0.25, 0.3) is 0 Å². The van der Waals surface area contributed by atoms with E-state index in [2.05, 4.69) is 0 Å². The maximum absolute atomic E-state index is 13.7. The molecule has 33 heavy (non-hydrogen) atoms. The van der Waals surface area contributed by atoms with Gasteiger partial charge in [0.15, 0.2) is 0 Å². The number of hydrogen-bond donors (Lipinski definition) is 1. The third-order valence-corrected chi connectivity index (χ3v) is 7.51. The molecule has 4 aromatic rings. The zero-order valence-electron chi connectivity index (χ0n) is 18.5. The summed E-state index contributed by atoms with van der Waals surface area (Å²) >= 11 is 0. The van der Waals surface area contributed by atoms with Gasteiger partial charge in [-0.15, -0.1) is 0 Å². The van der Waals surface area contributed by atoms with Crippen LogP contribution in [0.5, 0.6) is 0 Å². The number of aryl methyl sites for hydroxylation is 2. The molecule has 0 saturated heterocycles. The third kappa shape index (κ3) is 4.84. The number of carboxylic acids is 1. The van der Waals surface area contributed by atoms with Gasteiger partial charge in [0, 0.05) is 24.0 Å². The summed E-state index contributed by atoms with van der Waals surface area (Å²) < 4.78 is 34.3. The fourth-order valence-corrected chi connectivity index (χ4v) is 5.37. The van der Waals surface area contributed by atoms with Crippen molar-refractivity contribution in [1.29, 1.82) is 0 Å². The topological polar surface area (TPSA) is 87.8 Å². The normalized spacial score (nSPS) is 11.8. The van der Waals surface area contributed by atoms with Gasteiger partial charge in [0.2, 0.25) is 15.8 Å². The summed E-state index contributed by atoms with van der Waals surface area (Å²) in [6.07, 6.45) is 0.571. The summed E-state index contributed by atoms with van der Waals surface area (Å²) in [6, 6.07) is 22.0. The van der Waals surface area contributed by atoms with Crippen LogP contribution >= 0.6 is 0 Å². The molecule has 7 heteroatoms. The van der Waals surface area contributed by atoms with Gasteiger partial charge in [0.1, 0.15) is 5.58 Å². The van der Waals surface area contributed by atoms with Crippen LogP contribution in [0.4, 0.5) is 0 Å². The molecule has 0 fully saturated rings. The minimum Gasteiger partial charge on any atom is -0.475 e. The summed E-state index contributed by atoms with van der Waals surface area (Å²) in [6.45, 7) is 4.14. The van der Waals surface area contributed by atoms with Crippen LogP contribution in [0.1, 0.15) is 32.8 Å². The highest BCUT2D eigenvalue weighted by molar-refractivity contribution is 7.89. The van der Waals surface area contributed by atoms with Crippen molar-refractivity contribution in [3.63, 3.8) is 0 Å². The molecule has 0 atom stereocenters. The molecule has 0 aliphatic heterocycles. The van der Waals surface area contributed by atoms with Crippen molar-refractivity contribution in [2.75, 3.05) is 6.54 Å². The number of hydrogen-bond acceptors (Lipinski definition) is 4. The first-order valence-corrected chi connectivity index (χ1v) is 12.1. The molecule has 170 valence electrons. The van der Waals surface area contributed by atoms with Gasteiger partial charge in [-0.25, -0.2) is 13.2 Å². The largest absolute Gasteiger partial charge is 0.475 e. The summed E-state index contributed by atoms with van der Waals surface area (Å²) in [5.74, 6) is -1.36. The number of benzene rings is 3. The van der Waals surface area contributed by atoms with Crippen LogP contribution in [0.25, 0.3) is 11.0 Å². The van der Waals surface area contributed by atoms with E-state index in [-0.39, 0.29) is 17.2 Å². The van der Waals surface area contributed by atoms with Crippen molar-refractivity contribution >= 4 is 27.0 Å². The minimum atomic E-state index is -3.86. The van der Waals surface area contributed by atoms with Crippen LogP contribution in [0, 0.1) is 13.8 Å². The van der Waals surface area contributed by atoms with Gasteiger partial charge >= 0.3 is 5.97 Å². The van der Waals surface area contributed by atoms with E-state index in [1.54, 1.807) is 6.92 Å². The lowest BCUT2D eigenvalue weighted by atomic mass is 10.1. The molecule has 0 unspecified atom stereocenters. The Hall–Kier alpha value is -3.42. The number of nitrogens with zero attached hydrogens (tertiary/aromatic N) is 1. The maximum Gasteiger partial charge on any atom is 0.372 e. The molecule has 0 amide bonds. The Morgan fingerprint density at radius 2 is 1.67 bits per heavy atom. The second-order valence-electron chi connectivity index (χ2n) is 8.08. The van der Waals surface area contributed by atoms with Crippen LogP contribution in [-0.4, -0.2) is 30.3 Å². The summed E-state index contributed by atoms with van der Waals surface area (Å²) in [5.41, 5.74) is 3.77. The predicted octanol–water partition coefficient (Wildman–Crippen LogP) is 5.18. The molecule has 1 heterocycles. The SMILES string of the molecule is Cc1cccc(CN(CCc2ccccc2)S(=O)(=O)c2ccc3oc(C(=O)O)c(C)c3c2)c1. The van der Waals surface area contributed by atoms with Gasteiger partial charge in [-0.1, -0.05) is 60.2 Å². The van der Waals surface area contributed by atoms with E-state index < -0.39 is 16.0 Å². The molecule has 0 aliphatic carbocycles. The van der Waals surface area contributed by atoms with Crippen LogP contribution in [0.2, 0.25) is 0 Å². The van der Waals surface area contributed by atoms with Crippen molar-refractivity contribution in [3.05, 3.63) is 101 Å². The highest BCUT2D eigenvalue weighted by atomic mass is 32.2. The van der Waals surface area contributed by atoms with Crippen LogP contribution in [0.3, 0.4) is 0 Å². The lowest BCUT2D eigenvalue weighted by Crippen LogP contribution is -2.32. The molecule has 0 bridgehead atoms. The zero-order valence-corrected chi connectivity index (χ0v) is 19.3. The smallest absolute Gasteiger partial charge is 0.372 e. The molecule has 0 saturated carbocycles. The molecule has 0 spiro atoms. The fraction of sp³-hybridized carbons (Fsp3) is 0.192. The first-order chi connectivity index (χ1) is 15.8. The number of aromatic carboxylic acids is 1. The Kier molecular flexibility index (Phi) is 6.35. The van der Waals surface area contributed by atoms with E-state index in [0.29, 0.717) is 29.5 Å². The molecule has 1 aromatic heterocycles. The predicted molar refractivity (Wildman–Crippen MR) is 127 cm³/mol. The molecule has 1 N–H and O–H groups in total. The number of rotatable bonds is 8. The second kappa shape index (κ2) is 9.21. The van der Waals surface area contributed by atoms with E-state index in [1.165, 1.54) is 22.5 Å². The summed E-state index contributed by atoms with van der Waals surface area (Å²) in [7, 11) is -3.86. The number of furan rings is 1. The van der Waals surface area contributed by atoms with Crippen molar-refractivity contribution in [2.45, 2.75) is 31.7 Å². The van der Waals surface area contributed by atoms with Crippen molar-refractivity contribution in [2.24, 2.45) is 0 Å². The second-order valence-corrected chi connectivity index (χ2v) is 10.0. The highest BCUT2D eigenvalue weighted by Gasteiger charge is 2.26. The summed E-state index contributed by atoms with van der Waals surface area (Å²) in [5, 5.41) is 9.81. The number of fused-ring (bicyclic) bond motifs is 1. The number of sulfonamides is 1. The van der Waals surface area contributed by atoms with Crippen molar-refractivity contribution < 1.29 is 22.7 Å². The Morgan fingerprint density at radius 1 is 0.939 bits per heavy atom. The Morgan fingerprint density at radius 3 is 2.36 bits per heavy atom. The van der Waals surface area contributed by atoms with Gasteiger partial charge in [-0.05, 0) is 49.6 Å². The fourth-order valence-electron chi connectivity index (χ4n) is 3.91. The Balaban J connectivity index is 1.72. The van der Waals surface area contributed by atoms with Crippen LogP contribution in [0.15, 0.2) is 82.1 Å². The van der Waals surface area contributed by atoms with E-state index in [0.717, 1.165) is 16.7 Å². The average Bonchev–Trinajstić information content (AvgIpc) is 3.13. The Labute approximate surface area is 193 Å². The standard InChI is InChI=1S/C26H25NO5S/c1-18-7-6-10-21(15-18)17-27(14-13-20-8-4-3-5-9-20)33(30,31)22-11-12-24-23(16-22)19(2)25(32-24)26(28)29/h3-12,15-16H,13-14,17H2,1-2H3,(H,28,29). The van der Waals surface area contributed by atoms with Crippen molar-refractivity contribution in [1.82, 2.24) is 4.31 Å². The molecule has 4 rings (SSSR count). The zero-order chi connectivity index (χ0) is 23.6. The first kappa shape index (κ1) is 22.8. The quantitative estimate of drug-likeness (QED) is 0.389. The lowest BCUT2D eigenvalue weighted by Gasteiger charge is -2.23. The molecular formula is C26H25NO5S. The number of carbonyl (C=O) groups is 1. The van der Waals surface area contributed by atoms with E-state index in [9.17, 15) is 18.3 Å². The lowest BCUT2D eigenvalue weighted by molar-refractivity contribution is 0.0664. The van der Waals surface area contributed by atoms with Gasteiger partial charge in [-0.2, -0.15) is 4.31 Å². The Bertz CT molecular complexity index is 1410. The van der Waals surface area contributed by atoms with Gasteiger partial charge in [0.05, 0.1) is 4.90 Å². The highest BCUT2D eigenvalue weighted by Crippen LogP contribution is 2.29. The average molecular weight is 464 g/mol. The van der Waals surface area contributed by atoms with E-state index in [1.807, 2.05) is 61.5 Å². The third-order valence-electron chi connectivity index (χ3n) is 5.67. The van der Waals surface area contributed by atoms with Gasteiger partial charge in [-0.3, -0.25) is 0 Å². The van der Waals surface area contributed by atoms with Crippen LogP contribution in [-0.2, 0) is 23.0 Å². The molecule has 6 nitrogen and oxygen atoms in total. The van der Waals surface area contributed by atoms with E-state index >= 15 is 0 Å². The maximum atomic E-state index is 13.7. The molecule has 0 aliphatic rings. The van der Waals surface area contributed by atoms with Gasteiger partial charge < -0.3 is 9.52 Å². The van der Waals surface area contributed by atoms with Crippen molar-refractivity contribution in [3.8, 4) is 0 Å². The minimum absolute atomic E-state index is 0.108. The monoisotopic (exact) mass is 463 g/mol. The number of carboxylic acid groups (broad SMARTS) is 1. The molecule has 3 aromatic carbocycles. The molecule has 0 radical (unpaired) electrons. The van der Waals surface area contributed by atoms with Crippen LogP contribution < -0.4 is 0 Å². The molecular weight excluding hydrogens is 438 g/mol. The first-order valence-electron chi connectivity index (χ1n) is 10.6. The van der Waals surface area contributed by atoms with E-state index in [4.69, 9.17) is 4.42 Å².